The fourth-order valence-corrected chi connectivity index (χ4v) is 3.48. The molecule has 0 radical (unpaired) electrons. The van der Waals surface area contributed by atoms with E-state index < -0.39 is 0 Å². The maximum Gasteiger partial charge on any atom is 0.195 e. The third-order valence-electron chi connectivity index (χ3n) is 4.87. The minimum Gasteiger partial charge on any atom is -0.493 e. The van der Waals surface area contributed by atoms with Crippen LogP contribution in [0.25, 0.3) is 0 Å². The molecular formula is C21H31IN4O3. The van der Waals surface area contributed by atoms with Crippen LogP contribution in [-0.4, -0.2) is 51.3 Å². The molecule has 0 spiro atoms. The number of rotatable bonds is 8. The molecule has 0 saturated carbocycles. The second kappa shape index (κ2) is 11.9. The highest BCUT2D eigenvalue weighted by Crippen LogP contribution is 2.30. The van der Waals surface area contributed by atoms with E-state index in [1.54, 1.807) is 20.4 Å². The van der Waals surface area contributed by atoms with Crippen LogP contribution in [0.3, 0.4) is 0 Å². The molecule has 8 heteroatoms. The quantitative estimate of drug-likeness (QED) is 0.314. The number of methoxy groups -OCH3 is 1. The van der Waals surface area contributed by atoms with E-state index in [4.69, 9.17) is 13.9 Å². The van der Waals surface area contributed by atoms with Gasteiger partial charge in [-0.15, -0.1) is 24.0 Å². The van der Waals surface area contributed by atoms with Crippen molar-refractivity contribution in [2.24, 2.45) is 4.99 Å². The Morgan fingerprint density at radius 3 is 2.66 bits per heavy atom. The number of halogens is 1. The lowest BCUT2D eigenvalue weighted by Gasteiger charge is -2.26. The number of hydrogen-bond donors (Lipinski definition) is 2. The highest BCUT2D eigenvalue weighted by Gasteiger charge is 2.25. The molecule has 1 saturated heterocycles. The molecule has 1 unspecified atom stereocenters. The molecule has 160 valence electrons. The minimum absolute atomic E-state index is 0. The molecule has 29 heavy (non-hydrogen) atoms. The number of likely N-dealkylation sites (tertiary alicyclic amines) is 1. The Morgan fingerprint density at radius 1 is 1.24 bits per heavy atom. The minimum atomic E-state index is 0. The maximum absolute atomic E-state index is 5.69. The van der Waals surface area contributed by atoms with E-state index in [-0.39, 0.29) is 30.0 Å². The summed E-state index contributed by atoms with van der Waals surface area (Å²) in [5.41, 5.74) is 0.882. The number of nitrogens with one attached hydrogen (secondary N) is 2. The number of hydrogen-bond acceptors (Lipinski definition) is 5. The molecule has 1 atom stereocenters. The van der Waals surface area contributed by atoms with E-state index in [0.717, 1.165) is 24.5 Å². The summed E-state index contributed by atoms with van der Waals surface area (Å²) < 4.78 is 16.7. The molecule has 0 amide bonds. The summed E-state index contributed by atoms with van der Waals surface area (Å²) in [5, 5.41) is 6.75. The van der Waals surface area contributed by atoms with Gasteiger partial charge >= 0.3 is 0 Å². The smallest absolute Gasteiger partial charge is 0.195 e. The van der Waals surface area contributed by atoms with Crippen molar-refractivity contribution < 1.29 is 13.9 Å². The fraction of sp³-hybridized carbons (Fsp3) is 0.476. The van der Waals surface area contributed by atoms with Crippen LogP contribution in [0.4, 0.5) is 5.69 Å². The van der Waals surface area contributed by atoms with Gasteiger partial charge in [0.15, 0.2) is 17.5 Å². The Labute approximate surface area is 189 Å². The molecule has 7 nitrogen and oxygen atoms in total. The van der Waals surface area contributed by atoms with Crippen LogP contribution in [0, 0.1) is 0 Å². The third-order valence-corrected chi connectivity index (χ3v) is 4.87. The van der Waals surface area contributed by atoms with Crippen molar-refractivity contribution in [1.29, 1.82) is 0 Å². The van der Waals surface area contributed by atoms with Crippen molar-refractivity contribution in [3.8, 4) is 11.5 Å². The topological polar surface area (TPSA) is 71.3 Å². The number of furan rings is 1. The lowest BCUT2D eigenvalue weighted by Crippen LogP contribution is -2.39. The van der Waals surface area contributed by atoms with Gasteiger partial charge in [-0.2, -0.15) is 0 Å². The van der Waals surface area contributed by atoms with Crippen LogP contribution in [0.5, 0.6) is 11.5 Å². The average molecular weight is 514 g/mol. The van der Waals surface area contributed by atoms with Gasteiger partial charge in [-0.25, -0.2) is 0 Å². The van der Waals surface area contributed by atoms with E-state index in [1.807, 2.05) is 37.3 Å². The second-order valence-electron chi connectivity index (χ2n) is 6.65. The average Bonchev–Trinajstić information content (AvgIpc) is 3.42. The van der Waals surface area contributed by atoms with Crippen LogP contribution in [0.2, 0.25) is 0 Å². The molecule has 2 N–H and O–H groups in total. The number of anilines is 1. The van der Waals surface area contributed by atoms with Gasteiger partial charge < -0.3 is 24.5 Å². The molecule has 1 aromatic carbocycles. The van der Waals surface area contributed by atoms with Crippen molar-refractivity contribution in [1.82, 2.24) is 10.2 Å². The van der Waals surface area contributed by atoms with Crippen molar-refractivity contribution in [2.75, 3.05) is 45.7 Å². The largest absolute Gasteiger partial charge is 0.493 e. The second-order valence-corrected chi connectivity index (χ2v) is 6.65. The van der Waals surface area contributed by atoms with Crippen LogP contribution in [0.1, 0.15) is 31.6 Å². The zero-order valence-corrected chi connectivity index (χ0v) is 19.6. The van der Waals surface area contributed by atoms with Gasteiger partial charge in [0, 0.05) is 25.3 Å². The Kier molecular flexibility index (Phi) is 9.59. The molecule has 1 aromatic heterocycles. The summed E-state index contributed by atoms with van der Waals surface area (Å²) in [4.78, 5) is 6.81. The Bertz CT molecular complexity index is 761. The standard InChI is InChI=1S/C21H30N4O3.HI/c1-4-27-20-14-16(9-10-19(20)26-3)24-21(22-2)23-15-17(18-8-7-13-28-18)25-11-5-6-12-25;/h7-10,13-14,17H,4-6,11-12,15H2,1-3H3,(H2,22,23,24);1H. The summed E-state index contributed by atoms with van der Waals surface area (Å²) >= 11 is 0. The molecule has 1 aliphatic heterocycles. The Balaban J connectivity index is 0.00000300. The molecule has 0 bridgehead atoms. The van der Waals surface area contributed by atoms with Crippen LogP contribution >= 0.6 is 24.0 Å². The summed E-state index contributed by atoms with van der Waals surface area (Å²) in [6.07, 6.45) is 4.20. The van der Waals surface area contributed by atoms with Crippen molar-refractivity contribution in [3.05, 3.63) is 42.4 Å². The van der Waals surface area contributed by atoms with Gasteiger partial charge in [-0.1, -0.05) is 0 Å². The molecule has 1 aliphatic rings. The first-order chi connectivity index (χ1) is 13.7. The van der Waals surface area contributed by atoms with Crippen LogP contribution in [0.15, 0.2) is 46.0 Å². The summed E-state index contributed by atoms with van der Waals surface area (Å²) in [5.74, 6) is 3.09. The number of benzene rings is 1. The van der Waals surface area contributed by atoms with Crippen molar-refractivity contribution in [2.45, 2.75) is 25.8 Å². The number of aliphatic imine (C=N–C) groups is 1. The van der Waals surface area contributed by atoms with Gasteiger partial charge in [-0.05, 0) is 57.1 Å². The first-order valence-electron chi connectivity index (χ1n) is 9.81. The van der Waals surface area contributed by atoms with Crippen molar-refractivity contribution >= 4 is 35.6 Å². The highest BCUT2D eigenvalue weighted by molar-refractivity contribution is 14.0. The van der Waals surface area contributed by atoms with Crippen LogP contribution in [-0.2, 0) is 0 Å². The van der Waals surface area contributed by atoms with E-state index in [0.29, 0.717) is 30.6 Å². The predicted molar refractivity (Wildman–Crippen MR) is 127 cm³/mol. The first kappa shape index (κ1) is 23.3. The number of ether oxygens (including phenoxy) is 2. The van der Waals surface area contributed by atoms with Gasteiger partial charge in [0.1, 0.15) is 5.76 Å². The maximum atomic E-state index is 5.69. The van der Waals surface area contributed by atoms with Gasteiger partial charge in [0.05, 0.1) is 26.0 Å². The zero-order valence-electron chi connectivity index (χ0n) is 17.3. The zero-order chi connectivity index (χ0) is 19.8. The van der Waals surface area contributed by atoms with E-state index in [2.05, 4.69) is 20.5 Å². The first-order valence-corrected chi connectivity index (χ1v) is 9.81. The van der Waals surface area contributed by atoms with Gasteiger partial charge in [0.25, 0.3) is 0 Å². The SMILES string of the molecule is CCOc1cc(NC(=NC)NCC(c2ccco2)N2CCCC2)ccc1OC.I. The Hall–Kier alpha value is -1.94. The number of guanidine groups is 1. The molecule has 2 heterocycles. The predicted octanol–water partition coefficient (Wildman–Crippen LogP) is 4.13. The fourth-order valence-electron chi connectivity index (χ4n) is 3.48. The lowest BCUT2D eigenvalue weighted by atomic mass is 10.2. The molecular weight excluding hydrogens is 483 g/mol. The summed E-state index contributed by atoms with van der Waals surface area (Å²) in [6.45, 7) is 5.42. The van der Waals surface area contributed by atoms with Crippen molar-refractivity contribution in [3.63, 3.8) is 0 Å². The lowest BCUT2D eigenvalue weighted by molar-refractivity contribution is 0.216. The van der Waals surface area contributed by atoms with E-state index in [9.17, 15) is 0 Å². The third kappa shape index (κ3) is 6.27. The van der Waals surface area contributed by atoms with E-state index in [1.165, 1.54) is 12.8 Å². The molecule has 1 fully saturated rings. The molecule has 3 rings (SSSR count). The highest BCUT2D eigenvalue weighted by atomic mass is 127. The molecule has 0 aliphatic carbocycles. The van der Waals surface area contributed by atoms with Crippen LogP contribution < -0.4 is 20.1 Å². The van der Waals surface area contributed by atoms with Gasteiger partial charge in [0.2, 0.25) is 0 Å². The summed E-state index contributed by atoms with van der Waals surface area (Å²) in [7, 11) is 3.40. The molecule has 2 aromatic rings. The summed E-state index contributed by atoms with van der Waals surface area (Å²) in [6, 6.07) is 9.91. The Morgan fingerprint density at radius 2 is 2.03 bits per heavy atom. The van der Waals surface area contributed by atoms with Gasteiger partial charge in [-0.3, -0.25) is 9.89 Å². The van der Waals surface area contributed by atoms with E-state index >= 15 is 0 Å². The monoisotopic (exact) mass is 514 g/mol. The number of nitrogens with zero attached hydrogens (tertiary/aromatic N) is 2. The normalized spacial score (nSPS) is 15.5.